The van der Waals surface area contributed by atoms with Crippen LogP contribution in [0, 0.1) is 40.9 Å². The fourth-order valence-corrected chi connectivity index (χ4v) is 7.37. The first-order valence-electron chi connectivity index (χ1n) is 11.2. The average Bonchev–Trinajstić information content (AvgIpc) is 3.38. The summed E-state index contributed by atoms with van der Waals surface area (Å²) in [6.07, 6.45) is 10.7. The summed E-state index contributed by atoms with van der Waals surface area (Å²) in [5, 5.41) is 0. The number of carbonyl (C=O) groups excluding carboxylic acids is 1. The second-order valence-corrected chi connectivity index (χ2v) is 11.3. The zero-order valence-electron chi connectivity index (χ0n) is 17.8. The van der Waals surface area contributed by atoms with Crippen molar-refractivity contribution in [2.24, 2.45) is 40.9 Å². The van der Waals surface area contributed by atoms with Gasteiger partial charge < -0.3 is 4.74 Å². The third-order valence-corrected chi connectivity index (χ3v) is 8.62. The van der Waals surface area contributed by atoms with E-state index < -0.39 is 0 Å². The lowest BCUT2D eigenvalue weighted by Gasteiger charge is -2.43. The van der Waals surface area contributed by atoms with Crippen LogP contribution in [0.3, 0.4) is 0 Å². The minimum Gasteiger partial charge on any atom is -0.427 e. The van der Waals surface area contributed by atoms with Gasteiger partial charge in [0.1, 0.15) is 5.75 Å². The maximum Gasteiger partial charge on any atom is 0.311 e. The van der Waals surface area contributed by atoms with Gasteiger partial charge in [0.25, 0.3) is 0 Å². The van der Waals surface area contributed by atoms with Gasteiger partial charge in [-0.25, -0.2) is 0 Å². The van der Waals surface area contributed by atoms with Crippen LogP contribution < -0.4 is 4.74 Å². The van der Waals surface area contributed by atoms with E-state index in [0.29, 0.717) is 17.6 Å². The van der Waals surface area contributed by atoms with E-state index in [9.17, 15) is 4.79 Å². The van der Waals surface area contributed by atoms with E-state index in [1.807, 2.05) is 12.1 Å². The molecule has 4 bridgehead atoms. The Labute approximate surface area is 169 Å². The first kappa shape index (κ1) is 18.5. The van der Waals surface area contributed by atoms with Crippen molar-refractivity contribution in [2.45, 2.75) is 65.2 Å². The zero-order valence-corrected chi connectivity index (χ0v) is 17.8. The molecule has 28 heavy (non-hydrogen) atoms. The third-order valence-electron chi connectivity index (χ3n) is 8.62. The van der Waals surface area contributed by atoms with Crippen LogP contribution in [0.5, 0.6) is 5.75 Å². The van der Waals surface area contributed by atoms with Crippen molar-refractivity contribution in [3.8, 4) is 5.75 Å². The van der Waals surface area contributed by atoms with Gasteiger partial charge in [-0.15, -0.1) is 0 Å². The SMILES string of the molecule is CC(C)(C)c1ccc(OC(=O)CCC2(C)CC3CC2C2C4C=CC(C4)C32)cc1. The fraction of sp³-hybridized carbons (Fsp3) is 0.654. The summed E-state index contributed by atoms with van der Waals surface area (Å²) in [4.78, 5) is 12.5. The molecular weight excluding hydrogens is 344 g/mol. The van der Waals surface area contributed by atoms with E-state index >= 15 is 0 Å². The Morgan fingerprint density at radius 1 is 1.07 bits per heavy atom. The summed E-state index contributed by atoms with van der Waals surface area (Å²) in [6, 6.07) is 8.01. The molecule has 2 heteroatoms. The molecule has 0 spiro atoms. The number of ether oxygens (including phenoxy) is 1. The molecule has 0 aliphatic heterocycles. The second kappa shape index (κ2) is 6.21. The van der Waals surface area contributed by atoms with Crippen LogP contribution in [0.2, 0.25) is 0 Å². The summed E-state index contributed by atoms with van der Waals surface area (Å²) in [5.74, 6) is 5.89. The predicted octanol–water partition coefficient (Wildman–Crippen LogP) is 6.15. The van der Waals surface area contributed by atoms with E-state index in [0.717, 1.165) is 41.9 Å². The second-order valence-electron chi connectivity index (χ2n) is 11.3. The van der Waals surface area contributed by atoms with E-state index in [1.54, 1.807) is 0 Å². The summed E-state index contributed by atoms with van der Waals surface area (Å²) < 4.78 is 5.65. The minimum atomic E-state index is -0.0723. The molecule has 0 heterocycles. The van der Waals surface area contributed by atoms with Gasteiger partial charge >= 0.3 is 5.97 Å². The van der Waals surface area contributed by atoms with Crippen molar-refractivity contribution >= 4 is 5.97 Å². The van der Waals surface area contributed by atoms with Gasteiger partial charge in [0.05, 0.1) is 0 Å². The number of fused-ring (bicyclic) bond motifs is 9. The molecule has 4 aliphatic rings. The van der Waals surface area contributed by atoms with Crippen LogP contribution in [0.1, 0.15) is 65.4 Å². The first-order chi connectivity index (χ1) is 13.2. The number of hydrogen-bond donors (Lipinski definition) is 0. The molecule has 0 amide bonds. The first-order valence-corrected chi connectivity index (χ1v) is 11.2. The van der Waals surface area contributed by atoms with Crippen LogP contribution in [-0.4, -0.2) is 5.97 Å². The highest BCUT2D eigenvalue weighted by molar-refractivity contribution is 5.72. The van der Waals surface area contributed by atoms with Crippen molar-refractivity contribution in [3.63, 3.8) is 0 Å². The van der Waals surface area contributed by atoms with Gasteiger partial charge in [-0.2, -0.15) is 0 Å². The smallest absolute Gasteiger partial charge is 0.311 e. The van der Waals surface area contributed by atoms with E-state index in [-0.39, 0.29) is 11.4 Å². The van der Waals surface area contributed by atoms with Crippen LogP contribution in [0.25, 0.3) is 0 Å². The van der Waals surface area contributed by atoms with Crippen LogP contribution >= 0.6 is 0 Å². The molecule has 0 radical (unpaired) electrons. The Morgan fingerprint density at radius 3 is 2.43 bits per heavy atom. The number of allylic oxidation sites excluding steroid dienone is 2. The predicted molar refractivity (Wildman–Crippen MR) is 112 cm³/mol. The topological polar surface area (TPSA) is 26.3 Å². The van der Waals surface area contributed by atoms with Crippen LogP contribution in [0.15, 0.2) is 36.4 Å². The number of esters is 1. The molecule has 0 saturated heterocycles. The molecule has 7 unspecified atom stereocenters. The maximum atomic E-state index is 12.5. The molecule has 5 rings (SSSR count). The van der Waals surface area contributed by atoms with Gasteiger partial charge in [0, 0.05) is 6.42 Å². The van der Waals surface area contributed by atoms with E-state index in [1.165, 1.54) is 24.8 Å². The molecule has 2 nitrogen and oxygen atoms in total. The van der Waals surface area contributed by atoms with Crippen molar-refractivity contribution in [1.82, 2.24) is 0 Å². The highest BCUT2D eigenvalue weighted by atomic mass is 16.5. The molecule has 0 N–H and O–H groups in total. The molecular formula is C26H34O2. The Morgan fingerprint density at radius 2 is 1.75 bits per heavy atom. The number of benzene rings is 1. The summed E-state index contributed by atoms with van der Waals surface area (Å²) >= 11 is 0. The fourth-order valence-electron chi connectivity index (χ4n) is 7.37. The largest absolute Gasteiger partial charge is 0.427 e. The van der Waals surface area contributed by atoms with Crippen LogP contribution in [-0.2, 0) is 10.2 Å². The molecule has 7 atom stereocenters. The lowest BCUT2D eigenvalue weighted by molar-refractivity contribution is -0.135. The zero-order chi connectivity index (χ0) is 19.7. The number of rotatable bonds is 4. The Hall–Kier alpha value is -1.57. The summed E-state index contributed by atoms with van der Waals surface area (Å²) in [7, 11) is 0. The quantitative estimate of drug-likeness (QED) is 0.272. The average molecular weight is 379 g/mol. The number of carbonyl (C=O) groups is 1. The lowest BCUT2D eigenvalue weighted by atomic mass is 9.61. The lowest BCUT2D eigenvalue weighted by Crippen LogP contribution is -2.37. The van der Waals surface area contributed by atoms with Crippen molar-refractivity contribution in [3.05, 3.63) is 42.0 Å². The maximum absolute atomic E-state index is 12.5. The van der Waals surface area contributed by atoms with Crippen molar-refractivity contribution < 1.29 is 9.53 Å². The molecule has 1 aromatic carbocycles. The minimum absolute atomic E-state index is 0.0723. The van der Waals surface area contributed by atoms with E-state index in [4.69, 9.17) is 4.74 Å². The monoisotopic (exact) mass is 378 g/mol. The Kier molecular flexibility index (Phi) is 4.09. The Bertz CT molecular complexity index is 799. The highest BCUT2D eigenvalue weighted by Crippen LogP contribution is 2.71. The number of hydrogen-bond acceptors (Lipinski definition) is 2. The summed E-state index contributed by atoms with van der Waals surface area (Å²) in [6.45, 7) is 9.04. The van der Waals surface area contributed by atoms with E-state index in [2.05, 4.69) is 52.0 Å². The van der Waals surface area contributed by atoms with Gasteiger partial charge in [-0.05, 0) is 89.7 Å². The molecule has 150 valence electrons. The van der Waals surface area contributed by atoms with Crippen molar-refractivity contribution in [1.29, 1.82) is 0 Å². The van der Waals surface area contributed by atoms with Gasteiger partial charge in [-0.1, -0.05) is 52.0 Å². The van der Waals surface area contributed by atoms with Crippen molar-refractivity contribution in [2.75, 3.05) is 0 Å². The third kappa shape index (κ3) is 2.86. The standard InChI is InChI=1S/C26H34O2/c1-25(2,3)19-7-9-20(10-8-19)28-22(27)11-12-26(4)15-18-14-21(26)24-17-6-5-16(13-17)23(18)24/h5-10,16-18,21,23-24H,11-15H2,1-4H3. The Balaban J connectivity index is 1.19. The molecule has 3 saturated carbocycles. The van der Waals surface area contributed by atoms with Gasteiger partial charge in [0.2, 0.25) is 0 Å². The normalized spacial score (nSPS) is 40.1. The molecule has 1 aromatic rings. The van der Waals surface area contributed by atoms with Crippen LogP contribution in [0.4, 0.5) is 0 Å². The molecule has 4 aliphatic carbocycles. The molecule has 0 aromatic heterocycles. The van der Waals surface area contributed by atoms with Gasteiger partial charge in [0.15, 0.2) is 0 Å². The highest BCUT2D eigenvalue weighted by Gasteiger charge is 2.64. The summed E-state index contributed by atoms with van der Waals surface area (Å²) in [5.41, 5.74) is 1.71. The van der Waals surface area contributed by atoms with Gasteiger partial charge in [-0.3, -0.25) is 4.79 Å². The molecule has 3 fully saturated rings.